The zero-order valence-corrected chi connectivity index (χ0v) is 34.7. The number of nitrogens with zero attached hydrogens (tertiary/aromatic N) is 2. The van der Waals surface area contributed by atoms with Gasteiger partial charge in [-0.3, -0.25) is 32.8 Å². The second kappa shape index (κ2) is 25.7. The molecule has 0 saturated carbocycles. The summed E-state index contributed by atoms with van der Waals surface area (Å²) < 4.78 is 43.0. The number of thiol groups is 1. The lowest BCUT2D eigenvalue weighted by Gasteiger charge is -2.19. The van der Waals surface area contributed by atoms with E-state index in [2.05, 4.69) is 54.5 Å². The van der Waals surface area contributed by atoms with Crippen LogP contribution < -0.4 is 27.4 Å². The van der Waals surface area contributed by atoms with Gasteiger partial charge >= 0.3 is 27.3 Å². The van der Waals surface area contributed by atoms with Gasteiger partial charge in [-0.15, -0.1) is 0 Å². The van der Waals surface area contributed by atoms with Crippen molar-refractivity contribution in [3.05, 3.63) is 22.2 Å². The summed E-state index contributed by atoms with van der Waals surface area (Å²) in [5, 5.41) is 8.18. The van der Waals surface area contributed by atoms with Gasteiger partial charge in [0, 0.05) is 49.9 Å². The Morgan fingerprint density at radius 2 is 1.82 bits per heavy atom. The van der Waals surface area contributed by atoms with Crippen molar-refractivity contribution >= 4 is 79.4 Å². The van der Waals surface area contributed by atoms with Gasteiger partial charge in [0.1, 0.15) is 30.3 Å². The van der Waals surface area contributed by atoms with E-state index < -0.39 is 52.4 Å². The zero-order valence-electron chi connectivity index (χ0n) is 30.4. The van der Waals surface area contributed by atoms with Crippen LogP contribution in [0.4, 0.5) is 5.82 Å². The number of nitrogens with one attached hydrogen (secondary N) is 3. The molecule has 4 unspecified atom stereocenters. The van der Waals surface area contributed by atoms with E-state index in [9.17, 15) is 42.9 Å². The number of phosphoric ester groups is 2. The molecule has 1 fully saturated rings. The van der Waals surface area contributed by atoms with Gasteiger partial charge in [0.2, 0.25) is 17.7 Å². The minimum Gasteiger partial charge on any atom is -0.466 e. The van der Waals surface area contributed by atoms with Gasteiger partial charge in [0.15, 0.2) is 0 Å². The molecule has 1 aliphatic heterocycles. The Labute approximate surface area is 336 Å². The van der Waals surface area contributed by atoms with E-state index in [0.29, 0.717) is 62.5 Å². The molecule has 2 rings (SSSR count). The highest BCUT2D eigenvalue weighted by molar-refractivity contribution is 8.76. The standard InChI is InChI=1S/C30H48N6O15P2S3/c1-2-48-27(39)10-7-15-55-56-19-21(34-25(38)11-14-54)29(40)33-12-5-3-4-9-24(37)32-13-6-8-20-17-36(30(41)35-28(20)31)26-16-22(51-53(45,46)47)23(50-26)18-49-52(42,43)44/h17,21-23,26,54H,2-5,7,9-16,18-19H2,1H3,(H,32,37)(H,33,40)(H,34,38)(H2,31,35,41)(H2,42,43,44)(H2,45,46,47). The maximum absolute atomic E-state index is 12.8. The Kier molecular flexibility index (Phi) is 22.7. The van der Waals surface area contributed by atoms with Crippen molar-refractivity contribution in [3.8, 4) is 11.8 Å². The van der Waals surface area contributed by atoms with E-state index >= 15 is 0 Å². The molecule has 1 aromatic rings. The predicted molar refractivity (Wildman–Crippen MR) is 209 cm³/mol. The van der Waals surface area contributed by atoms with Gasteiger partial charge in [-0.05, 0) is 31.9 Å². The van der Waals surface area contributed by atoms with Gasteiger partial charge < -0.3 is 50.7 Å². The first-order chi connectivity index (χ1) is 26.4. The minimum atomic E-state index is -5.07. The Morgan fingerprint density at radius 3 is 2.50 bits per heavy atom. The van der Waals surface area contributed by atoms with Crippen LogP contribution >= 0.6 is 49.9 Å². The second-order valence-corrected chi connectivity index (χ2v) is 17.3. The fourth-order valence-electron chi connectivity index (χ4n) is 4.79. The largest absolute Gasteiger partial charge is 0.469 e. The Hall–Kier alpha value is -2.65. The molecule has 21 nitrogen and oxygen atoms in total. The molecule has 1 aromatic heterocycles. The molecular formula is C30H48N6O15P2S3. The third-order valence-corrected chi connectivity index (χ3v) is 11.1. The monoisotopic (exact) mass is 890 g/mol. The Morgan fingerprint density at radius 1 is 1.07 bits per heavy atom. The van der Waals surface area contributed by atoms with Crippen LogP contribution in [0.1, 0.15) is 70.1 Å². The van der Waals surface area contributed by atoms with Crippen molar-refractivity contribution in [2.75, 3.05) is 49.3 Å². The number of phosphoric acid groups is 2. The molecule has 3 amide bonds. The first-order valence-electron chi connectivity index (χ1n) is 17.2. The van der Waals surface area contributed by atoms with E-state index in [1.807, 2.05) is 0 Å². The van der Waals surface area contributed by atoms with Crippen molar-refractivity contribution in [2.24, 2.45) is 0 Å². The average molecular weight is 891 g/mol. The number of nitrogens with two attached hydrogens (primary N) is 1. The first-order valence-corrected chi connectivity index (χ1v) is 23.4. The minimum absolute atomic E-state index is 0.0544. The molecule has 2 heterocycles. The number of ether oxygens (including phenoxy) is 2. The fourth-order valence-corrected chi connectivity index (χ4v) is 8.16. The highest BCUT2D eigenvalue weighted by atomic mass is 33.1. The van der Waals surface area contributed by atoms with Gasteiger partial charge in [-0.2, -0.15) is 17.6 Å². The van der Waals surface area contributed by atoms with Crippen molar-refractivity contribution < 1.29 is 66.4 Å². The van der Waals surface area contributed by atoms with Gasteiger partial charge in [-0.25, -0.2) is 13.9 Å². The topological polar surface area (TPSA) is 317 Å². The van der Waals surface area contributed by atoms with Crippen molar-refractivity contribution in [3.63, 3.8) is 0 Å². The summed E-state index contributed by atoms with van der Waals surface area (Å²) in [7, 11) is -7.13. The lowest BCUT2D eigenvalue weighted by atomic mass is 10.2. The number of unbranched alkanes of at least 4 members (excludes halogenated alkanes) is 2. The maximum atomic E-state index is 12.8. The number of anilines is 1. The quantitative estimate of drug-likeness (QED) is 0.0160. The van der Waals surface area contributed by atoms with Crippen LogP contribution in [0.15, 0.2) is 11.0 Å². The molecule has 26 heteroatoms. The molecule has 0 aromatic carbocycles. The molecule has 1 aliphatic rings. The summed E-state index contributed by atoms with van der Waals surface area (Å²) in [5.74, 6) is 5.31. The average Bonchev–Trinajstić information content (AvgIpc) is 3.49. The molecule has 56 heavy (non-hydrogen) atoms. The van der Waals surface area contributed by atoms with Crippen LogP contribution in [0, 0.1) is 11.8 Å². The number of esters is 1. The van der Waals surface area contributed by atoms with E-state index in [4.69, 9.17) is 25.0 Å². The summed E-state index contributed by atoms with van der Waals surface area (Å²) in [6, 6.07) is -0.750. The summed E-state index contributed by atoms with van der Waals surface area (Å²) in [6.45, 7) is 1.51. The van der Waals surface area contributed by atoms with Crippen LogP contribution in [0.25, 0.3) is 0 Å². The van der Waals surface area contributed by atoms with Gasteiger partial charge in [0.05, 0.1) is 25.3 Å². The molecule has 0 aliphatic carbocycles. The van der Waals surface area contributed by atoms with Gasteiger partial charge in [-0.1, -0.05) is 39.8 Å². The SMILES string of the molecule is CCOC(=O)CCCSSCC(NC(=O)CCS)C(=O)NCCCCCC(=O)NCC#Cc1cn(C2CC(OP(=O)(O)O)C(COP(=O)(O)O)O2)c(=O)nc1N. The van der Waals surface area contributed by atoms with E-state index in [1.54, 1.807) is 6.92 Å². The van der Waals surface area contributed by atoms with Crippen molar-refractivity contribution in [2.45, 2.75) is 82.8 Å². The van der Waals surface area contributed by atoms with E-state index in [-0.39, 0.29) is 60.9 Å². The fraction of sp³-hybridized carbons (Fsp3) is 0.667. The predicted octanol–water partition coefficient (Wildman–Crippen LogP) is 0.374. The van der Waals surface area contributed by atoms with Crippen LogP contribution in [0.3, 0.4) is 0 Å². The highest BCUT2D eigenvalue weighted by Crippen LogP contribution is 2.45. The molecule has 1 saturated heterocycles. The summed E-state index contributed by atoms with van der Waals surface area (Å²) in [4.78, 5) is 102. The summed E-state index contributed by atoms with van der Waals surface area (Å²) >= 11 is 4.06. The molecule has 0 bridgehead atoms. The number of amides is 3. The first kappa shape index (κ1) is 49.5. The van der Waals surface area contributed by atoms with Crippen molar-refractivity contribution in [1.82, 2.24) is 25.5 Å². The number of hydrogen-bond donors (Lipinski definition) is 9. The molecular weight excluding hydrogens is 843 g/mol. The number of aromatic nitrogens is 2. The normalized spacial score (nSPS) is 17.4. The molecule has 316 valence electrons. The lowest BCUT2D eigenvalue weighted by molar-refractivity contribution is -0.143. The second-order valence-electron chi connectivity index (χ2n) is 11.8. The Bertz CT molecular complexity index is 1690. The van der Waals surface area contributed by atoms with Crippen molar-refractivity contribution in [1.29, 1.82) is 0 Å². The smallest absolute Gasteiger partial charge is 0.466 e. The van der Waals surface area contributed by atoms with Crippen LogP contribution in [0.5, 0.6) is 0 Å². The molecule has 4 atom stereocenters. The van der Waals surface area contributed by atoms with E-state index in [0.717, 1.165) is 4.57 Å². The van der Waals surface area contributed by atoms with Crippen LogP contribution in [0.2, 0.25) is 0 Å². The number of carbonyl (C=O) groups excluding carboxylic acids is 4. The summed E-state index contributed by atoms with van der Waals surface area (Å²) in [6.07, 6.45) is -0.194. The molecule has 9 N–H and O–H groups in total. The maximum Gasteiger partial charge on any atom is 0.469 e. The number of carbonyl (C=O) groups is 4. The van der Waals surface area contributed by atoms with Crippen LogP contribution in [-0.2, 0) is 46.8 Å². The Balaban J connectivity index is 1.80. The van der Waals surface area contributed by atoms with E-state index in [1.165, 1.54) is 27.8 Å². The molecule has 0 radical (unpaired) electrons. The molecule has 0 spiro atoms. The summed E-state index contributed by atoms with van der Waals surface area (Å²) in [5.41, 5.74) is 4.98. The van der Waals surface area contributed by atoms with Crippen LogP contribution in [-0.4, -0.2) is 115 Å². The number of rotatable bonds is 25. The number of hydrogen-bond acceptors (Lipinski definition) is 16. The third-order valence-electron chi connectivity index (χ3n) is 7.35. The third kappa shape index (κ3) is 20.7. The zero-order chi connectivity index (χ0) is 41.7. The highest BCUT2D eigenvalue weighted by Gasteiger charge is 2.42. The lowest BCUT2D eigenvalue weighted by Crippen LogP contribution is -2.48. The van der Waals surface area contributed by atoms with Gasteiger partial charge in [0.25, 0.3) is 0 Å². The number of nitrogen functional groups attached to an aromatic ring is 1.